The van der Waals surface area contributed by atoms with Crippen molar-refractivity contribution in [1.82, 2.24) is 15.1 Å². The molecule has 5 heteroatoms. The first kappa shape index (κ1) is 16.9. The first-order valence-corrected chi connectivity index (χ1v) is 8.05. The lowest BCUT2D eigenvalue weighted by Crippen LogP contribution is -2.46. The number of hydrogen-bond acceptors (Lipinski definition) is 3. The molecule has 1 fully saturated rings. The molecule has 1 aromatic carbocycles. The van der Waals surface area contributed by atoms with Gasteiger partial charge in [-0.15, -0.1) is 0 Å². The minimum atomic E-state index is -0.207. The van der Waals surface area contributed by atoms with Crippen LogP contribution in [0.4, 0.5) is 4.39 Å². The molecule has 1 aliphatic heterocycles. The molecule has 0 aromatic heterocycles. The van der Waals surface area contributed by atoms with Gasteiger partial charge in [0, 0.05) is 45.7 Å². The minimum Gasteiger partial charge on any atom is -0.352 e. The fourth-order valence-electron chi connectivity index (χ4n) is 2.69. The number of carbonyl (C=O) groups excluding carboxylic acids is 1. The second kappa shape index (κ2) is 8.25. The summed E-state index contributed by atoms with van der Waals surface area (Å²) in [5.74, 6) is -0.152. The van der Waals surface area contributed by atoms with Crippen molar-refractivity contribution in [3.63, 3.8) is 0 Å². The molecule has 2 rings (SSSR count). The third-order valence-corrected chi connectivity index (χ3v) is 4.28. The Balaban J connectivity index is 1.67. The topological polar surface area (TPSA) is 35.6 Å². The number of carbonyl (C=O) groups is 1. The van der Waals surface area contributed by atoms with Crippen molar-refractivity contribution >= 4 is 5.91 Å². The van der Waals surface area contributed by atoms with Gasteiger partial charge in [0.25, 0.3) is 0 Å². The van der Waals surface area contributed by atoms with Gasteiger partial charge >= 0.3 is 0 Å². The van der Waals surface area contributed by atoms with E-state index < -0.39 is 0 Å². The van der Waals surface area contributed by atoms with Crippen LogP contribution in [-0.4, -0.2) is 55.0 Å². The Hall–Kier alpha value is -1.46. The molecule has 122 valence electrons. The van der Waals surface area contributed by atoms with Gasteiger partial charge in [0.05, 0.1) is 0 Å². The Morgan fingerprint density at radius 3 is 2.55 bits per heavy atom. The number of aryl methyl sites for hydroxylation is 1. The van der Waals surface area contributed by atoms with Gasteiger partial charge in [-0.1, -0.05) is 19.1 Å². The highest BCUT2D eigenvalue weighted by atomic mass is 19.1. The van der Waals surface area contributed by atoms with Crippen LogP contribution in [0, 0.1) is 12.7 Å². The fourth-order valence-corrected chi connectivity index (χ4v) is 2.69. The molecule has 0 saturated carbocycles. The molecular weight excluding hydrogens is 281 g/mol. The molecule has 4 nitrogen and oxygen atoms in total. The Labute approximate surface area is 132 Å². The number of rotatable bonds is 6. The van der Waals surface area contributed by atoms with Crippen LogP contribution in [0.15, 0.2) is 18.2 Å². The predicted octanol–water partition coefficient (Wildman–Crippen LogP) is 1.78. The highest BCUT2D eigenvalue weighted by molar-refractivity contribution is 5.76. The number of halogens is 1. The molecule has 0 bridgehead atoms. The third-order valence-electron chi connectivity index (χ3n) is 4.28. The number of benzene rings is 1. The zero-order valence-corrected chi connectivity index (χ0v) is 13.6. The molecule has 0 spiro atoms. The predicted molar refractivity (Wildman–Crippen MR) is 86.2 cm³/mol. The Morgan fingerprint density at radius 2 is 1.91 bits per heavy atom. The molecule has 1 aliphatic rings. The van der Waals surface area contributed by atoms with Crippen molar-refractivity contribution < 1.29 is 9.18 Å². The normalized spacial score (nSPS) is 16.7. The lowest BCUT2D eigenvalue weighted by molar-refractivity contribution is -0.121. The van der Waals surface area contributed by atoms with E-state index in [1.807, 2.05) is 0 Å². The highest BCUT2D eigenvalue weighted by Gasteiger charge is 2.15. The van der Waals surface area contributed by atoms with Gasteiger partial charge in [-0.05, 0) is 30.7 Å². The van der Waals surface area contributed by atoms with Gasteiger partial charge in [-0.3, -0.25) is 4.79 Å². The lowest BCUT2D eigenvalue weighted by atomic mass is 10.1. The van der Waals surface area contributed by atoms with Crippen LogP contribution in [0.3, 0.4) is 0 Å². The SMILES string of the molecule is CCN1CCN(CCC(=O)NCc2ccc(F)c(C)c2)CC1. The summed E-state index contributed by atoms with van der Waals surface area (Å²) in [6, 6.07) is 4.94. The van der Waals surface area contributed by atoms with Crippen LogP contribution in [-0.2, 0) is 11.3 Å². The lowest BCUT2D eigenvalue weighted by Gasteiger charge is -2.33. The summed E-state index contributed by atoms with van der Waals surface area (Å²) < 4.78 is 13.2. The molecular formula is C17H26FN3O. The van der Waals surface area contributed by atoms with E-state index >= 15 is 0 Å². The number of piperazine rings is 1. The van der Waals surface area contributed by atoms with Crippen molar-refractivity contribution in [2.45, 2.75) is 26.8 Å². The highest BCUT2D eigenvalue weighted by Crippen LogP contribution is 2.09. The Morgan fingerprint density at radius 1 is 1.23 bits per heavy atom. The molecule has 0 aliphatic carbocycles. The smallest absolute Gasteiger partial charge is 0.221 e. The molecule has 1 N–H and O–H groups in total. The van der Waals surface area contributed by atoms with E-state index in [-0.39, 0.29) is 11.7 Å². The molecule has 1 heterocycles. The maximum atomic E-state index is 13.2. The van der Waals surface area contributed by atoms with Crippen LogP contribution in [0.1, 0.15) is 24.5 Å². The van der Waals surface area contributed by atoms with Crippen molar-refractivity contribution in [2.75, 3.05) is 39.3 Å². The van der Waals surface area contributed by atoms with Crippen LogP contribution < -0.4 is 5.32 Å². The van der Waals surface area contributed by atoms with E-state index in [1.54, 1.807) is 19.1 Å². The number of likely N-dealkylation sites (N-methyl/N-ethyl adjacent to an activating group) is 1. The van der Waals surface area contributed by atoms with E-state index in [4.69, 9.17) is 0 Å². The van der Waals surface area contributed by atoms with Crippen molar-refractivity contribution in [3.05, 3.63) is 35.1 Å². The van der Waals surface area contributed by atoms with Gasteiger partial charge in [0.15, 0.2) is 0 Å². The zero-order valence-electron chi connectivity index (χ0n) is 13.6. The minimum absolute atomic E-state index is 0.0555. The quantitative estimate of drug-likeness (QED) is 0.870. The zero-order chi connectivity index (χ0) is 15.9. The first-order chi connectivity index (χ1) is 10.6. The largest absolute Gasteiger partial charge is 0.352 e. The van der Waals surface area contributed by atoms with Gasteiger partial charge in [0.2, 0.25) is 5.91 Å². The number of hydrogen-bond donors (Lipinski definition) is 1. The Kier molecular flexibility index (Phi) is 6.34. The molecule has 22 heavy (non-hydrogen) atoms. The monoisotopic (exact) mass is 307 g/mol. The van der Waals surface area contributed by atoms with Crippen LogP contribution in [0.2, 0.25) is 0 Å². The summed E-state index contributed by atoms with van der Waals surface area (Å²) >= 11 is 0. The molecule has 0 unspecified atom stereocenters. The van der Waals surface area contributed by atoms with Crippen molar-refractivity contribution in [2.24, 2.45) is 0 Å². The number of nitrogens with one attached hydrogen (secondary N) is 1. The second-order valence-corrected chi connectivity index (χ2v) is 5.89. The number of amides is 1. The van der Waals surface area contributed by atoms with E-state index in [0.29, 0.717) is 18.5 Å². The van der Waals surface area contributed by atoms with Crippen molar-refractivity contribution in [3.8, 4) is 0 Å². The Bertz CT molecular complexity index is 499. The molecule has 0 atom stereocenters. The summed E-state index contributed by atoms with van der Waals surface area (Å²) in [7, 11) is 0. The summed E-state index contributed by atoms with van der Waals surface area (Å²) in [6.07, 6.45) is 0.520. The number of nitrogens with zero attached hydrogens (tertiary/aromatic N) is 2. The van der Waals surface area contributed by atoms with E-state index in [0.717, 1.165) is 44.8 Å². The first-order valence-electron chi connectivity index (χ1n) is 8.05. The molecule has 0 radical (unpaired) electrons. The van der Waals surface area contributed by atoms with Crippen LogP contribution in [0.25, 0.3) is 0 Å². The summed E-state index contributed by atoms with van der Waals surface area (Å²) in [4.78, 5) is 16.7. The standard InChI is InChI=1S/C17H26FN3O/c1-3-20-8-10-21(11-9-20)7-6-17(22)19-13-15-4-5-16(18)14(2)12-15/h4-5,12H,3,6-11,13H2,1-2H3,(H,19,22). The van der Waals surface area contributed by atoms with E-state index in [9.17, 15) is 9.18 Å². The van der Waals surface area contributed by atoms with Crippen LogP contribution >= 0.6 is 0 Å². The molecule has 1 saturated heterocycles. The van der Waals surface area contributed by atoms with Crippen LogP contribution in [0.5, 0.6) is 0 Å². The molecule has 1 amide bonds. The third kappa shape index (κ3) is 5.07. The average Bonchev–Trinajstić information content (AvgIpc) is 2.54. The van der Waals surface area contributed by atoms with Gasteiger partial charge in [-0.25, -0.2) is 4.39 Å². The van der Waals surface area contributed by atoms with E-state index in [1.165, 1.54) is 6.07 Å². The maximum Gasteiger partial charge on any atom is 0.221 e. The second-order valence-electron chi connectivity index (χ2n) is 5.89. The fraction of sp³-hybridized carbons (Fsp3) is 0.588. The van der Waals surface area contributed by atoms with Crippen molar-refractivity contribution in [1.29, 1.82) is 0 Å². The summed E-state index contributed by atoms with van der Waals surface area (Å²) in [5, 5.41) is 2.91. The van der Waals surface area contributed by atoms with E-state index in [2.05, 4.69) is 22.0 Å². The molecule has 1 aromatic rings. The van der Waals surface area contributed by atoms with Gasteiger partial charge in [0.1, 0.15) is 5.82 Å². The summed E-state index contributed by atoms with van der Waals surface area (Å²) in [5.41, 5.74) is 1.55. The summed E-state index contributed by atoms with van der Waals surface area (Å²) in [6.45, 7) is 10.5. The maximum absolute atomic E-state index is 13.2. The van der Waals surface area contributed by atoms with Gasteiger partial charge in [-0.2, -0.15) is 0 Å². The average molecular weight is 307 g/mol. The van der Waals surface area contributed by atoms with Gasteiger partial charge < -0.3 is 15.1 Å².